The predicted octanol–water partition coefficient (Wildman–Crippen LogP) is 6.43. The fourth-order valence-corrected chi connectivity index (χ4v) is 5.47. The Labute approximate surface area is 227 Å². The van der Waals surface area contributed by atoms with Crippen LogP contribution in [0.2, 0.25) is 0 Å². The summed E-state index contributed by atoms with van der Waals surface area (Å²) in [5.74, 6) is 0.923. The average molecular weight is 551 g/mol. The summed E-state index contributed by atoms with van der Waals surface area (Å²) in [6.45, 7) is 4.05. The molecule has 1 saturated carbocycles. The first-order valence-electron chi connectivity index (χ1n) is 12.5. The van der Waals surface area contributed by atoms with Gasteiger partial charge in [0.25, 0.3) is 5.91 Å². The lowest BCUT2D eigenvalue weighted by atomic mass is 10.1. The number of nitrogens with one attached hydrogen (secondary N) is 2. The number of amidine groups is 1. The molecule has 11 heteroatoms. The molecular formula is C28H25F3N6OS. The monoisotopic (exact) mass is 550 g/mol. The van der Waals surface area contributed by atoms with E-state index in [4.69, 9.17) is 4.99 Å². The standard InChI is InChI=1S/C28H25F3N6OS/c1-16-3-4-18(11-24(16)37-15-33-26(34-20-5-6-20)25-23(37)7-10-39-25)27(38)35-21-12-19(28(29,30)31)13-22(14-21)36-9-8-32-17(36)2/h3-4,7-14,20H,5-6,15H2,1-2H3,(H,33,34)(H,35,38). The molecule has 2 aromatic carbocycles. The van der Waals surface area contributed by atoms with Gasteiger partial charge in [0.05, 0.1) is 16.1 Å². The van der Waals surface area contributed by atoms with Gasteiger partial charge in [0.2, 0.25) is 0 Å². The Kier molecular flexibility index (Phi) is 6.17. The molecular weight excluding hydrogens is 525 g/mol. The van der Waals surface area contributed by atoms with Crippen LogP contribution in [0.4, 0.5) is 30.2 Å². The molecule has 1 amide bonds. The van der Waals surface area contributed by atoms with Gasteiger partial charge in [0, 0.05) is 41.1 Å². The zero-order chi connectivity index (χ0) is 27.3. The number of hydrogen-bond acceptors (Lipinski definition) is 6. The van der Waals surface area contributed by atoms with Crippen molar-refractivity contribution in [3.8, 4) is 5.69 Å². The normalized spacial score (nSPS) is 15.1. The number of nitrogens with zero attached hydrogens (tertiary/aromatic N) is 4. The molecule has 3 heterocycles. The first-order chi connectivity index (χ1) is 18.7. The molecule has 4 aromatic rings. The second kappa shape index (κ2) is 9.57. The van der Waals surface area contributed by atoms with E-state index in [1.54, 1.807) is 36.6 Å². The SMILES string of the molecule is Cc1ccc(C(=O)Nc2cc(-n3ccnc3C)cc(C(F)(F)F)c2)cc1N1CN=C(NC2CC2)c2sccc21. The molecule has 2 N–H and O–H groups in total. The molecule has 0 atom stereocenters. The third kappa shape index (κ3) is 5.01. The minimum absolute atomic E-state index is 0.0403. The van der Waals surface area contributed by atoms with Crippen LogP contribution in [0.15, 0.2) is 65.2 Å². The lowest BCUT2D eigenvalue weighted by Gasteiger charge is -2.29. The number of hydrogen-bond donors (Lipinski definition) is 2. The molecule has 0 bridgehead atoms. The molecule has 0 spiro atoms. The van der Waals surface area contributed by atoms with Gasteiger partial charge in [-0.2, -0.15) is 13.2 Å². The van der Waals surface area contributed by atoms with Crippen LogP contribution in [0.1, 0.15) is 45.0 Å². The van der Waals surface area contributed by atoms with Gasteiger partial charge in [-0.05, 0) is 74.0 Å². The van der Waals surface area contributed by atoms with Crippen LogP contribution < -0.4 is 15.5 Å². The van der Waals surface area contributed by atoms with E-state index >= 15 is 0 Å². The van der Waals surface area contributed by atoms with E-state index < -0.39 is 17.6 Å². The molecule has 6 rings (SSSR count). The highest BCUT2D eigenvalue weighted by Gasteiger charge is 2.32. The summed E-state index contributed by atoms with van der Waals surface area (Å²) >= 11 is 1.61. The highest BCUT2D eigenvalue weighted by Crippen LogP contribution is 2.38. The van der Waals surface area contributed by atoms with E-state index in [0.717, 1.165) is 52.6 Å². The number of imidazole rings is 1. The number of amides is 1. The third-order valence-electron chi connectivity index (χ3n) is 6.81. The number of rotatable bonds is 5. The molecule has 7 nitrogen and oxygen atoms in total. The van der Waals surface area contributed by atoms with Gasteiger partial charge in [-0.3, -0.25) is 4.79 Å². The summed E-state index contributed by atoms with van der Waals surface area (Å²) < 4.78 is 42.6. The number of thiophene rings is 1. The Morgan fingerprint density at radius 2 is 1.90 bits per heavy atom. The van der Waals surface area contributed by atoms with Gasteiger partial charge in [0.1, 0.15) is 18.3 Å². The minimum atomic E-state index is -4.58. The number of aryl methyl sites for hydroxylation is 2. The summed E-state index contributed by atoms with van der Waals surface area (Å²) in [5.41, 5.74) is 2.54. The quantitative estimate of drug-likeness (QED) is 0.300. The molecule has 0 radical (unpaired) electrons. The van der Waals surface area contributed by atoms with E-state index in [9.17, 15) is 18.0 Å². The summed E-state index contributed by atoms with van der Waals surface area (Å²) in [6, 6.07) is 11.3. The maximum absolute atomic E-state index is 13.7. The number of aromatic nitrogens is 2. The number of carbonyl (C=O) groups is 1. The van der Waals surface area contributed by atoms with Gasteiger partial charge in [0.15, 0.2) is 0 Å². The van der Waals surface area contributed by atoms with Crippen molar-refractivity contribution in [1.29, 1.82) is 0 Å². The van der Waals surface area contributed by atoms with Gasteiger partial charge < -0.3 is 20.1 Å². The number of fused-ring (bicyclic) bond motifs is 1. The summed E-state index contributed by atoms with van der Waals surface area (Å²) in [5, 5.41) is 8.18. The zero-order valence-corrected chi connectivity index (χ0v) is 22.0. The molecule has 1 aliphatic carbocycles. The Morgan fingerprint density at radius 1 is 1.08 bits per heavy atom. The van der Waals surface area contributed by atoms with Crippen molar-refractivity contribution in [2.45, 2.75) is 38.9 Å². The first kappa shape index (κ1) is 25.2. The Balaban J connectivity index is 1.30. The lowest BCUT2D eigenvalue weighted by molar-refractivity contribution is -0.137. The van der Waals surface area contributed by atoms with Crippen LogP contribution in [-0.2, 0) is 6.18 Å². The largest absolute Gasteiger partial charge is 0.416 e. The van der Waals surface area contributed by atoms with E-state index in [2.05, 4.69) is 20.5 Å². The number of aliphatic imine (C=N–C) groups is 1. The smallest absolute Gasteiger partial charge is 0.366 e. The number of carbonyl (C=O) groups excluding carboxylic acids is 1. The van der Waals surface area contributed by atoms with E-state index in [-0.39, 0.29) is 11.4 Å². The highest BCUT2D eigenvalue weighted by molar-refractivity contribution is 7.12. The van der Waals surface area contributed by atoms with Crippen LogP contribution in [0.3, 0.4) is 0 Å². The predicted molar refractivity (Wildman–Crippen MR) is 146 cm³/mol. The number of halogens is 3. The van der Waals surface area contributed by atoms with E-state index in [0.29, 0.717) is 24.1 Å². The van der Waals surface area contributed by atoms with E-state index in [1.807, 2.05) is 24.4 Å². The fraction of sp³-hybridized carbons (Fsp3) is 0.250. The summed E-state index contributed by atoms with van der Waals surface area (Å²) in [4.78, 5) is 25.3. The fourth-order valence-electron chi connectivity index (χ4n) is 4.60. The van der Waals surface area contributed by atoms with Crippen molar-refractivity contribution >= 4 is 40.1 Å². The van der Waals surface area contributed by atoms with Gasteiger partial charge >= 0.3 is 6.18 Å². The third-order valence-corrected chi connectivity index (χ3v) is 7.72. The van der Waals surface area contributed by atoms with Crippen LogP contribution in [0.25, 0.3) is 5.69 Å². The van der Waals surface area contributed by atoms with Crippen molar-refractivity contribution in [2.24, 2.45) is 4.99 Å². The first-order valence-corrected chi connectivity index (χ1v) is 13.4. The molecule has 0 unspecified atom stereocenters. The topological polar surface area (TPSA) is 74.5 Å². The van der Waals surface area contributed by atoms with Crippen molar-refractivity contribution in [3.05, 3.63) is 87.6 Å². The molecule has 0 saturated heterocycles. The summed E-state index contributed by atoms with van der Waals surface area (Å²) in [7, 11) is 0. The Morgan fingerprint density at radius 3 is 2.62 bits per heavy atom. The van der Waals surface area contributed by atoms with Crippen molar-refractivity contribution in [2.75, 3.05) is 16.9 Å². The summed E-state index contributed by atoms with van der Waals surface area (Å²) in [6.07, 6.45) is 0.801. The molecule has 1 aliphatic heterocycles. The Hall–Kier alpha value is -4.12. The van der Waals surface area contributed by atoms with Gasteiger partial charge in [-0.25, -0.2) is 9.98 Å². The number of benzene rings is 2. The average Bonchev–Trinajstić information content (AvgIpc) is 3.38. The maximum atomic E-state index is 13.7. The Bertz CT molecular complexity index is 1600. The second-order valence-corrected chi connectivity index (χ2v) is 10.6. The van der Waals surface area contributed by atoms with Gasteiger partial charge in [-0.1, -0.05) is 6.07 Å². The molecule has 1 fully saturated rings. The van der Waals surface area contributed by atoms with Crippen LogP contribution in [-0.4, -0.2) is 34.0 Å². The minimum Gasteiger partial charge on any atom is -0.366 e. The van der Waals surface area contributed by atoms with Gasteiger partial charge in [-0.15, -0.1) is 11.3 Å². The van der Waals surface area contributed by atoms with E-state index in [1.165, 1.54) is 16.8 Å². The van der Waals surface area contributed by atoms with Crippen LogP contribution >= 0.6 is 11.3 Å². The lowest BCUT2D eigenvalue weighted by Crippen LogP contribution is -2.33. The molecule has 2 aliphatic rings. The molecule has 39 heavy (non-hydrogen) atoms. The van der Waals surface area contributed by atoms with Crippen molar-refractivity contribution in [3.63, 3.8) is 0 Å². The second-order valence-electron chi connectivity index (χ2n) is 9.70. The van der Waals surface area contributed by atoms with Crippen LogP contribution in [0.5, 0.6) is 0 Å². The molecule has 2 aromatic heterocycles. The number of anilines is 3. The highest BCUT2D eigenvalue weighted by atomic mass is 32.1. The zero-order valence-electron chi connectivity index (χ0n) is 21.2. The number of alkyl halides is 3. The molecule has 200 valence electrons. The maximum Gasteiger partial charge on any atom is 0.416 e. The van der Waals surface area contributed by atoms with Crippen molar-refractivity contribution in [1.82, 2.24) is 14.9 Å². The van der Waals surface area contributed by atoms with Crippen molar-refractivity contribution < 1.29 is 18.0 Å². The van der Waals surface area contributed by atoms with Crippen LogP contribution in [0, 0.1) is 13.8 Å².